The molecule has 3 aliphatic carbocycles. The van der Waals surface area contributed by atoms with Crippen molar-refractivity contribution in [2.24, 2.45) is 23.7 Å². The van der Waals surface area contributed by atoms with E-state index in [0.717, 1.165) is 29.6 Å². The Kier molecular flexibility index (Phi) is 7.18. The molecule has 156 valence electrons. The number of unbranched alkanes of at least 4 members (excludes halogenated alkanes) is 2. The summed E-state index contributed by atoms with van der Waals surface area (Å²) in [5.41, 5.74) is 5.08. The van der Waals surface area contributed by atoms with Crippen molar-refractivity contribution in [2.45, 2.75) is 116 Å². The third kappa shape index (κ3) is 4.85. The van der Waals surface area contributed by atoms with E-state index in [2.05, 4.69) is 32.0 Å². The van der Waals surface area contributed by atoms with Gasteiger partial charge in [0.25, 0.3) is 0 Å². The van der Waals surface area contributed by atoms with Crippen LogP contribution in [0, 0.1) is 23.7 Å². The van der Waals surface area contributed by atoms with Gasteiger partial charge in [-0.1, -0.05) is 77.0 Å². The van der Waals surface area contributed by atoms with Crippen LogP contribution in [0.3, 0.4) is 0 Å². The number of benzene rings is 1. The molecule has 0 nitrogen and oxygen atoms in total. The first-order chi connectivity index (χ1) is 13.8. The van der Waals surface area contributed by atoms with Crippen molar-refractivity contribution >= 4 is 0 Å². The van der Waals surface area contributed by atoms with Crippen LogP contribution in [0.4, 0.5) is 0 Å². The molecule has 3 aliphatic rings. The predicted molar refractivity (Wildman–Crippen MR) is 122 cm³/mol. The van der Waals surface area contributed by atoms with Crippen molar-refractivity contribution in [3.05, 3.63) is 34.9 Å². The molecule has 0 aromatic heterocycles. The summed E-state index contributed by atoms with van der Waals surface area (Å²) < 4.78 is 0. The molecule has 0 heteroatoms. The van der Waals surface area contributed by atoms with Crippen LogP contribution in [0.1, 0.15) is 120 Å². The van der Waals surface area contributed by atoms with Crippen molar-refractivity contribution in [3.63, 3.8) is 0 Å². The monoisotopic (exact) mass is 380 g/mol. The fraction of sp³-hybridized carbons (Fsp3) is 0.786. The van der Waals surface area contributed by atoms with Crippen molar-refractivity contribution in [2.75, 3.05) is 0 Å². The van der Waals surface area contributed by atoms with Crippen molar-refractivity contribution < 1.29 is 0 Å². The summed E-state index contributed by atoms with van der Waals surface area (Å²) in [6.07, 6.45) is 21.7. The van der Waals surface area contributed by atoms with E-state index in [4.69, 9.17) is 0 Å². The summed E-state index contributed by atoms with van der Waals surface area (Å²) in [5, 5.41) is 0. The number of hydrogen-bond acceptors (Lipinski definition) is 0. The van der Waals surface area contributed by atoms with Crippen LogP contribution < -0.4 is 0 Å². The zero-order valence-corrected chi connectivity index (χ0v) is 18.7. The summed E-state index contributed by atoms with van der Waals surface area (Å²) >= 11 is 0. The second kappa shape index (κ2) is 9.82. The first-order valence-corrected chi connectivity index (χ1v) is 12.9. The quantitative estimate of drug-likeness (QED) is 0.416. The molecular weight excluding hydrogens is 336 g/mol. The number of hydrogen-bond donors (Lipinski definition) is 0. The van der Waals surface area contributed by atoms with Gasteiger partial charge in [-0.05, 0) is 97.6 Å². The molecule has 0 heterocycles. The van der Waals surface area contributed by atoms with Gasteiger partial charge in [0, 0.05) is 0 Å². The molecule has 0 saturated heterocycles. The zero-order chi connectivity index (χ0) is 19.3. The first kappa shape index (κ1) is 20.5. The van der Waals surface area contributed by atoms with Gasteiger partial charge < -0.3 is 0 Å². The number of rotatable bonds is 7. The van der Waals surface area contributed by atoms with E-state index in [1.165, 1.54) is 89.9 Å². The van der Waals surface area contributed by atoms with Gasteiger partial charge in [-0.2, -0.15) is 0 Å². The van der Waals surface area contributed by atoms with Gasteiger partial charge in [-0.15, -0.1) is 0 Å². The van der Waals surface area contributed by atoms with E-state index in [1.807, 2.05) is 0 Å². The molecule has 1 aromatic rings. The highest BCUT2D eigenvalue weighted by Crippen LogP contribution is 2.48. The van der Waals surface area contributed by atoms with E-state index in [0.29, 0.717) is 0 Å². The molecule has 0 aliphatic heterocycles. The predicted octanol–water partition coefficient (Wildman–Crippen LogP) is 8.47. The Morgan fingerprint density at radius 2 is 1.61 bits per heavy atom. The Hall–Kier alpha value is -0.780. The van der Waals surface area contributed by atoms with Crippen LogP contribution in [0.2, 0.25) is 0 Å². The second-order valence-corrected chi connectivity index (χ2v) is 10.6. The highest BCUT2D eigenvalue weighted by molar-refractivity contribution is 5.36. The van der Waals surface area contributed by atoms with E-state index >= 15 is 0 Å². The van der Waals surface area contributed by atoms with Gasteiger partial charge in [0.2, 0.25) is 0 Å². The summed E-state index contributed by atoms with van der Waals surface area (Å²) in [6, 6.07) is 7.70. The Bertz CT molecular complexity index is 614. The molecule has 5 unspecified atom stereocenters. The summed E-state index contributed by atoms with van der Waals surface area (Å²) in [7, 11) is 0. The first-order valence-electron chi connectivity index (χ1n) is 12.9. The van der Waals surface area contributed by atoms with Crippen LogP contribution in [0.15, 0.2) is 18.2 Å². The fourth-order valence-corrected chi connectivity index (χ4v) is 6.99. The summed E-state index contributed by atoms with van der Waals surface area (Å²) in [5.74, 6) is 4.96. The van der Waals surface area contributed by atoms with Crippen molar-refractivity contribution in [1.29, 1.82) is 0 Å². The highest BCUT2D eigenvalue weighted by atomic mass is 14.4. The molecular formula is C28H44. The molecule has 0 spiro atoms. The van der Waals surface area contributed by atoms with Gasteiger partial charge in [0.15, 0.2) is 0 Å². The SMILES string of the molecule is CCCCCC1CCc2cc(C3CCC4CC(CCC)CCC4C3)ccc2C1. The van der Waals surface area contributed by atoms with Gasteiger partial charge >= 0.3 is 0 Å². The second-order valence-electron chi connectivity index (χ2n) is 10.6. The van der Waals surface area contributed by atoms with Gasteiger partial charge in [-0.25, -0.2) is 0 Å². The lowest BCUT2D eigenvalue weighted by Crippen LogP contribution is -2.30. The van der Waals surface area contributed by atoms with E-state index in [1.54, 1.807) is 23.1 Å². The largest absolute Gasteiger partial charge is 0.0654 e. The lowest BCUT2D eigenvalue weighted by molar-refractivity contribution is 0.114. The Morgan fingerprint density at radius 1 is 0.750 bits per heavy atom. The van der Waals surface area contributed by atoms with E-state index in [-0.39, 0.29) is 0 Å². The smallest absolute Gasteiger partial charge is 0.0159 e. The number of aryl methyl sites for hydroxylation is 1. The lowest BCUT2D eigenvalue weighted by Gasteiger charge is -2.42. The molecule has 1 aromatic carbocycles. The molecule has 0 radical (unpaired) electrons. The van der Waals surface area contributed by atoms with E-state index in [9.17, 15) is 0 Å². The van der Waals surface area contributed by atoms with Crippen molar-refractivity contribution in [3.8, 4) is 0 Å². The minimum absolute atomic E-state index is 0.858. The highest BCUT2D eigenvalue weighted by Gasteiger charge is 2.35. The third-order valence-electron chi connectivity index (χ3n) is 8.67. The Balaban J connectivity index is 1.34. The van der Waals surface area contributed by atoms with Crippen molar-refractivity contribution in [1.82, 2.24) is 0 Å². The minimum atomic E-state index is 0.858. The van der Waals surface area contributed by atoms with Gasteiger partial charge in [0.05, 0.1) is 0 Å². The molecule has 2 fully saturated rings. The normalized spacial score (nSPS) is 32.6. The topological polar surface area (TPSA) is 0 Å². The zero-order valence-electron chi connectivity index (χ0n) is 18.7. The van der Waals surface area contributed by atoms with Crippen LogP contribution in [-0.4, -0.2) is 0 Å². The van der Waals surface area contributed by atoms with Crippen LogP contribution in [0.5, 0.6) is 0 Å². The summed E-state index contributed by atoms with van der Waals surface area (Å²) in [6.45, 7) is 4.69. The minimum Gasteiger partial charge on any atom is -0.0654 e. The standard InChI is InChI=1S/C28H44/c1-3-5-6-8-22-10-12-26-20-28(16-14-24(26)18-22)27-15-13-23-17-21(7-4-2)9-11-25(23)19-27/h14,16,20-23,25,27H,3-13,15,17-19H2,1-2H3. The van der Waals surface area contributed by atoms with Crippen LogP contribution in [0.25, 0.3) is 0 Å². The average molecular weight is 381 g/mol. The molecule has 0 N–H and O–H groups in total. The Labute approximate surface area is 174 Å². The average Bonchev–Trinajstić information content (AvgIpc) is 2.73. The maximum atomic E-state index is 2.64. The van der Waals surface area contributed by atoms with Crippen LogP contribution >= 0.6 is 0 Å². The maximum absolute atomic E-state index is 2.64. The van der Waals surface area contributed by atoms with Gasteiger partial charge in [-0.3, -0.25) is 0 Å². The lowest BCUT2D eigenvalue weighted by atomic mass is 9.63. The Morgan fingerprint density at radius 3 is 2.46 bits per heavy atom. The molecule has 0 bridgehead atoms. The number of fused-ring (bicyclic) bond motifs is 2. The molecule has 5 atom stereocenters. The maximum Gasteiger partial charge on any atom is -0.0159 e. The van der Waals surface area contributed by atoms with E-state index < -0.39 is 0 Å². The van der Waals surface area contributed by atoms with Crippen LogP contribution in [-0.2, 0) is 12.8 Å². The van der Waals surface area contributed by atoms with Gasteiger partial charge in [0.1, 0.15) is 0 Å². The molecule has 2 saturated carbocycles. The molecule has 4 rings (SSSR count). The molecule has 28 heavy (non-hydrogen) atoms. The fourth-order valence-electron chi connectivity index (χ4n) is 6.99. The molecule has 0 amide bonds. The summed E-state index contributed by atoms with van der Waals surface area (Å²) in [4.78, 5) is 0. The third-order valence-corrected chi connectivity index (χ3v) is 8.67.